The van der Waals surface area contributed by atoms with E-state index in [2.05, 4.69) is 10.4 Å². The van der Waals surface area contributed by atoms with Crippen LogP contribution in [-0.2, 0) is 9.59 Å². The molecule has 1 aromatic heterocycles. The summed E-state index contributed by atoms with van der Waals surface area (Å²) >= 11 is 0. The van der Waals surface area contributed by atoms with Crippen LogP contribution in [0.1, 0.15) is 24.9 Å². The quantitative estimate of drug-likeness (QED) is 0.399. The van der Waals surface area contributed by atoms with Gasteiger partial charge in [0.1, 0.15) is 0 Å². The molecule has 2 atom stereocenters. The molecule has 0 radical (unpaired) electrons. The molecule has 1 N–H and O–H groups in total. The molecule has 3 aromatic carbocycles. The highest BCUT2D eigenvalue weighted by Crippen LogP contribution is 2.39. The van der Waals surface area contributed by atoms with Crippen molar-refractivity contribution in [2.24, 2.45) is 0 Å². The van der Waals surface area contributed by atoms with Gasteiger partial charge in [0.25, 0.3) is 5.91 Å². The molecule has 184 valence electrons. The molecular formula is C26H20F4N4O2. The Kier molecular flexibility index (Phi) is 5.74. The molecule has 0 spiro atoms. The first-order chi connectivity index (χ1) is 17.1. The van der Waals surface area contributed by atoms with E-state index in [0.29, 0.717) is 34.8 Å². The van der Waals surface area contributed by atoms with Gasteiger partial charge in [-0.1, -0.05) is 30.3 Å². The minimum absolute atomic E-state index is 0.159. The number of alkyl halides is 2. The number of rotatable bonds is 5. The van der Waals surface area contributed by atoms with Crippen molar-refractivity contribution in [3.05, 3.63) is 90.1 Å². The highest BCUT2D eigenvalue weighted by atomic mass is 19.3. The average molecular weight is 496 g/mol. The molecule has 2 amide bonds. The SMILES string of the molecule is CC(F)(F)C(=O)NC1CC(=O)N(c2ccc3c(cnn3-c3ccc(F)c(F)c3)c2)C1c1ccccc1. The molecular weight excluding hydrogens is 476 g/mol. The predicted molar refractivity (Wildman–Crippen MR) is 125 cm³/mol. The minimum Gasteiger partial charge on any atom is -0.345 e. The summed E-state index contributed by atoms with van der Waals surface area (Å²) in [6.07, 6.45) is 1.36. The zero-order valence-corrected chi connectivity index (χ0v) is 19.0. The third-order valence-corrected chi connectivity index (χ3v) is 6.16. The van der Waals surface area contributed by atoms with E-state index in [9.17, 15) is 27.2 Å². The number of anilines is 1. The molecule has 0 saturated carbocycles. The van der Waals surface area contributed by atoms with Gasteiger partial charge in [-0.3, -0.25) is 9.59 Å². The van der Waals surface area contributed by atoms with Gasteiger partial charge in [0, 0.05) is 30.5 Å². The van der Waals surface area contributed by atoms with Crippen LogP contribution in [0, 0.1) is 11.6 Å². The van der Waals surface area contributed by atoms with Crippen LogP contribution in [0.2, 0.25) is 0 Å². The Morgan fingerprint density at radius 3 is 2.42 bits per heavy atom. The Morgan fingerprint density at radius 2 is 1.72 bits per heavy atom. The van der Waals surface area contributed by atoms with Gasteiger partial charge in [-0.2, -0.15) is 13.9 Å². The number of hydrogen-bond donors (Lipinski definition) is 1. The first kappa shape index (κ1) is 23.5. The minimum atomic E-state index is -3.59. The maximum absolute atomic E-state index is 13.8. The molecule has 2 unspecified atom stereocenters. The first-order valence-electron chi connectivity index (χ1n) is 11.1. The van der Waals surface area contributed by atoms with Crippen LogP contribution in [0.3, 0.4) is 0 Å². The number of amides is 2. The molecule has 1 saturated heterocycles. The zero-order valence-electron chi connectivity index (χ0n) is 19.0. The maximum Gasteiger partial charge on any atom is 0.321 e. The Balaban J connectivity index is 1.54. The Morgan fingerprint density at radius 1 is 1.00 bits per heavy atom. The van der Waals surface area contributed by atoms with Crippen molar-refractivity contribution >= 4 is 28.4 Å². The van der Waals surface area contributed by atoms with Crippen LogP contribution in [0.15, 0.2) is 72.9 Å². The van der Waals surface area contributed by atoms with Gasteiger partial charge in [-0.15, -0.1) is 0 Å². The number of carbonyl (C=O) groups is 2. The van der Waals surface area contributed by atoms with Gasteiger partial charge in [0.2, 0.25) is 5.91 Å². The lowest BCUT2D eigenvalue weighted by molar-refractivity contribution is -0.143. The average Bonchev–Trinajstić information content (AvgIpc) is 3.41. The van der Waals surface area contributed by atoms with E-state index in [-0.39, 0.29) is 12.3 Å². The summed E-state index contributed by atoms with van der Waals surface area (Å²) in [6, 6.07) is 15.7. The smallest absolute Gasteiger partial charge is 0.321 e. The van der Waals surface area contributed by atoms with Crippen LogP contribution < -0.4 is 10.2 Å². The summed E-state index contributed by atoms with van der Waals surface area (Å²) < 4.78 is 55.8. The summed E-state index contributed by atoms with van der Waals surface area (Å²) in [5.74, 6) is -7.37. The van der Waals surface area contributed by atoms with Gasteiger partial charge in [-0.05, 0) is 35.9 Å². The van der Waals surface area contributed by atoms with Crippen LogP contribution in [0.25, 0.3) is 16.6 Å². The van der Waals surface area contributed by atoms with Crippen molar-refractivity contribution in [3.63, 3.8) is 0 Å². The van der Waals surface area contributed by atoms with Gasteiger partial charge in [0.05, 0.1) is 29.5 Å². The molecule has 4 aromatic rings. The summed E-state index contributed by atoms with van der Waals surface area (Å²) in [7, 11) is 0. The second kappa shape index (κ2) is 8.78. The Labute approximate surface area is 203 Å². The van der Waals surface area contributed by atoms with Crippen LogP contribution in [0.4, 0.5) is 23.2 Å². The second-order valence-electron chi connectivity index (χ2n) is 8.69. The van der Waals surface area contributed by atoms with Gasteiger partial charge < -0.3 is 10.2 Å². The van der Waals surface area contributed by atoms with Crippen molar-refractivity contribution in [3.8, 4) is 5.69 Å². The van der Waals surface area contributed by atoms with E-state index >= 15 is 0 Å². The van der Waals surface area contributed by atoms with Crippen molar-refractivity contribution in [1.82, 2.24) is 15.1 Å². The number of carbonyl (C=O) groups excluding carboxylic acids is 2. The van der Waals surface area contributed by atoms with Crippen molar-refractivity contribution < 1.29 is 27.2 Å². The molecule has 10 heteroatoms. The predicted octanol–water partition coefficient (Wildman–Crippen LogP) is 4.92. The fourth-order valence-corrected chi connectivity index (χ4v) is 4.49. The highest BCUT2D eigenvalue weighted by molar-refractivity contribution is 6.00. The lowest BCUT2D eigenvalue weighted by Crippen LogP contribution is -2.46. The van der Waals surface area contributed by atoms with E-state index < -0.39 is 35.5 Å². The lowest BCUT2D eigenvalue weighted by atomic mass is 9.99. The monoisotopic (exact) mass is 496 g/mol. The number of nitrogens with zero attached hydrogens (tertiary/aromatic N) is 3. The molecule has 6 nitrogen and oxygen atoms in total. The fourth-order valence-electron chi connectivity index (χ4n) is 4.49. The normalized spacial score (nSPS) is 18.1. The summed E-state index contributed by atoms with van der Waals surface area (Å²) in [6.45, 7) is 0.507. The molecule has 0 aliphatic carbocycles. The van der Waals surface area contributed by atoms with Crippen molar-refractivity contribution in [2.75, 3.05) is 4.90 Å². The molecule has 5 rings (SSSR count). The second-order valence-corrected chi connectivity index (χ2v) is 8.69. The molecule has 1 aliphatic rings. The largest absolute Gasteiger partial charge is 0.345 e. The third kappa shape index (κ3) is 4.19. The third-order valence-electron chi connectivity index (χ3n) is 6.16. The Bertz CT molecular complexity index is 1470. The van der Waals surface area contributed by atoms with Gasteiger partial charge >= 0.3 is 5.92 Å². The van der Waals surface area contributed by atoms with E-state index in [1.165, 1.54) is 21.8 Å². The lowest BCUT2D eigenvalue weighted by Gasteiger charge is -2.29. The van der Waals surface area contributed by atoms with E-state index in [0.717, 1.165) is 12.1 Å². The van der Waals surface area contributed by atoms with Crippen molar-refractivity contribution in [1.29, 1.82) is 0 Å². The number of hydrogen-bond acceptors (Lipinski definition) is 3. The number of benzene rings is 3. The van der Waals surface area contributed by atoms with E-state index in [1.807, 2.05) is 0 Å². The zero-order chi connectivity index (χ0) is 25.6. The molecule has 0 bridgehead atoms. The number of fused-ring (bicyclic) bond motifs is 1. The van der Waals surface area contributed by atoms with Crippen LogP contribution in [-0.4, -0.2) is 33.6 Å². The summed E-state index contributed by atoms with van der Waals surface area (Å²) in [5.41, 5.74) is 2.05. The molecule has 36 heavy (non-hydrogen) atoms. The first-order valence-corrected chi connectivity index (χ1v) is 11.1. The number of aromatic nitrogens is 2. The number of nitrogens with one attached hydrogen (secondary N) is 1. The number of halogens is 4. The standard InChI is InChI=1S/C26H20F4N4O2/c1-26(29,30)25(36)32-21-13-23(35)33(24(21)15-5-3-2-4-6-15)17-8-10-22-16(11-17)14-31-34(22)18-7-9-19(27)20(28)12-18/h2-12,14,21,24H,13H2,1H3,(H,32,36). The molecule has 1 aliphatic heterocycles. The van der Waals surface area contributed by atoms with Crippen molar-refractivity contribution in [2.45, 2.75) is 31.4 Å². The summed E-state index contributed by atoms with van der Waals surface area (Å²) in [5, 5.41) is 7.22. The van der Waals surface area contributed by atoms with Crippen LogP contribution >= 0.6 is 0 Å². The molecule has 1 fully saturated rings. The summed E-state index contributed by atoms with van der Waals surface area (Å²) in [4.78, 5) is 26.6. The fraction of sp³-hybridized carbons (Fsp3) is 0.192. The Hall–Kier alpha value is -4.21. The van der Waals surface area contributed by atoms with Gasteiger partial charge in [-0.25, -0.2) is 13.5 Å². The van der Waals surface area contributed by atoms with E-state index in [4.69, 9.17) is 0 Å². The topological polar surface area (TPSA) is 67.2 Å². The molecule has 2 heterocycles. The highest BCUT2D eigenvalue weighted by Gasteiger charge is 2.45. The van der Waals surface area contributed by atoms with Gasteiger partial charge in [0.15, 0.2) is 11.6 Å². The van der Waals surface area contributed by atoms with E-state index in [1.54, 1.807) is 48.5 Å². The van der Waals surface area contributed by atoms with Crippen LogP contribution in [0.5, 0.6) is 0 Å². The maximum atomic E-state index is 13.8.